The average molecular weight is 264 g/mol. The molecular formula is C12H10ClN3S. The number of hydrogen-bond donors (Lipinski definition) is 2. The minimum absolute atomic E-state index is 0.534. The third kappa shape index (κ3) is 2.23. The van der Waals surface area contributed by atoms with E-state index >= 15 is 0 Å². The van der Waals surface area contributed by atoms with Crippen molar-refractivity contribution in [1.82, 2.24) is 0 Å². The third-order valence-corrected chi connectivity index (χ3v) is 2.88. The van der Waals surface area contributed by atoms with E-state index in [4.69, 9.17) is 35.5 Å². The van der Waals surface area contributed by atoms with Crippen LogP contribution in [-0.4, -0.2) is 0 Å². The van der Waals surface area contributed by atoms with E-state index < -0.39 is 0 Å². The van der Waals surface area contributed by atoms with Crippen molar-refractivity contribution < 1.29 is 0 Å². The number of nitrogens with zero attached hydrogens (tertiary/aromatic N) is 1. The molecule has 4 N–H and O–H groups in total. The van der Waals surface area contributed by atoms with Crippen LogP contribution in [0.15, 0.2) is 40.8 Å². The summed E-state index contributed by atoms with van der Waals surface area (Å²) in [5.41, 5.74) is 15.1. The van der Waals surface area contributed by atoms with Gasteiger partial charge in [0.1, 0.15) is 5.69 Å². The molecule has 0 aliphatic heterocycles. The highest BCUT2D eigenvalue weighted by Crippen LogP contribution is 2.38. The lowest BCUT2D eigenvalue weighted by Crippen LogP contribution is -1.92. The van der Waals surface area contributed by atoms with Crippen molar-refractivity contribution in [1.29, 1.82) is 0 Å². The second-order valence-corrected chi connectivity index (χ2v) is 4.19. The van der Waals surface area contributed by atoms with Crippen molar-refractivity contribution in [3.63, 3.8) is 0 Å². The maximum Gasteiger partial charge on any atom is 0.108 e. The van der Waals surface area contributed by atoms with Gasteiger partial charge in [0, 0.05) is 34.3 Å². The fourth-order valence-corrected chi connectivity index (χ4v) is 2.04. The number of rotatable bonds is 2. The summed E-state index contributed by atoms with van der Waals surface area (Å²) in [5, 5.41) is 0.590. The van der Waals surface area contributed by atoms with E-state index in [1.807, 2.05) is 18.2 Å². The molecule has 0 bridgehead atoms. The van der Waals surface area contributed by atoms with Gasteiger partial charge in [-0.3, -0.25) is 0 Å². The molecule has 0 fully saturated rings. The van der Waals surface area contributed by atoms with E-state index in [0.717, 1.165) is 11.1 Å². The van der Waals surface area contributed by atoms with Gasteiger partial charge in [-0.05, 0) is 18.2 Å². The molecule has 0 aliphatic carbocycles. The first-order chi connectivity index (χ1) is 8.13. The highest BCUT2D eigenvalue weighted by Gasteiger charge is 2.10. The van der Waals surface area contributed by atoms with Crippen LogP contribution in [0.3, 0.4) is 0 Å². The van der Waals surface area contributed by atoms with Crippen LogP contribution in [0, 0.1) is 0 Å². The van der Waals surface area contributed by atoms with Crippen LogP contribution in [0.4, 0.5) is 17.1 Å². The van der Waals surface area contributed by atoms with Crippen LogP contribution in [-0.2, 0) is 12.4 Å². The minimum Gasteiger partial charge on any atom is -0.398 e. The lowest BCUT2D eigenvalue weighted by molar-refractivity contribution is 1.54. The predicted octanol–water partition coefficient (Wildman–Crippen LogP) is 3.53. The number of hydrogen-bond acceptors (Lipinski definition) is 4. The Balaban J connectivity index is 2.68. The Labute approximate surface area is 110 Å². The van der Waals surface area contributed by atoms with Gasteiger partial charge in [0.05, 0.1) is 5.69 Å². The first-order valence-electron chi connectivity index (χ1n) is 4.90. The Morgan fingerprint density at radius 2 is 1.76 bits per heavy atom. The normalized spacial score (nSPS) is 10.2. The van der Waals surface area contributed by atoms with Crippen LogP contribution in [0.2, 0.25) is 5.02 Å². The molecule has 0 atom stereocenters. The predicted molar refractivity (Wildman–Crippen MR) is 75.2 cm³/mol. The van der Waals surface area contributed by atoms with E-state index in [1.54, 1.807) is 18.2 Å². The molecule has 2 aromatic carbocycles. The largest absolute Gasteiger partial charge is 0.398 e. The van der Waals surface area contributed by atoms with Crippen LogP contribution in [0.5, 0.6) is 0 Å². The topological polar surface area (TPSA) is 64.4 Å². The first kappa shape index (κ1) is 11.8. The van der Waals surface area contributed by atoms with Crippen molar-refractivity contribution >= 4 is 41.1 Å². The minimum atomic E-state index is 0.534. The Morgan fingerprint density at radius 3 is 2.41 bits per heavy atom. The molecule has 17 heavy (non-hydrogen) atoms. The Hall–Kier alpha value is -1.65. The Bertz CT molecular complexity index is 584. The molecule has 0 heterocycles. The molecule has 0 unspecified atom stereocenters. The molecule has 0 saturated carbocycles. The lowest BCUT2D eigenvalue weighted by atomic mass is 10.0. The summed E-state index contributed by atoms with van der Waals surface area (Å²) >= 11 is 10.6. The number of anilines is 2. The Kier molecular flexibility index (Phi) is 3.26. The van der Waals surface area contributed by atoms with Crippen LogP contribution in [0.1, 0.15) is 0 Å². The van der Waals surface area contributed by atoms with E-state index in [9.17, 15) is 0 Å². The Morgan fingerprint density at radius 1 is 1.00 bits per heavy atom. The van der Waals surface area contributed by atoms with Crippen LogP contribution in [0.25, 0.3) is 11.1 Å². The molecule has 2 rings (SSSR count). The van der Waals surface area contributed by atoms with Crippen molar-refractivity contribution in [2.24, 2.45) is 4.36 Å². The molecule has 5 heteroatoms. The molecule has 2 aromatic rings. The summed E-state index contributed by atoms with van der Waals surface area (Å²) in [6, 6.07) is 10.7. The van der Waals surface area contributed by atoms with Gasteiger partial charge >= 0.3 is 0 Å². The molecule has 0 aromatic heterocycles. The SMILES string of the molecule is Nc1cc(Cl)ccc1-c1cccc(N)c1N=S. The number of nitrogen functional groups attached to an aromatic ring is 2. The van der Waals surface area contributed by atoms with Crippen molar-refractivity contribution in [2.45, 2.75) is 0 Å². The summed E-state index contributed by atoms with van der Waals surface area (Å²) < 4.78 is 3.78. The number of halogens is 1. The zero-order valence-electron chi connectivity index (χ0n) is 8.85. The fourth-order valence-electron chi connectivity index (χ4n) is 1.66. The third-order valence-electron chi connectivity index (χ3n) is 2.46. The lowest BCUT2D eigenvalue weighted by Gasteiger charge is -2.10. The van der Waals surface area contributed by atoms with Crippen LogP contribution < -0.4 is 11.5 Å². The molecule has 0 saturated heterocycles. The molecule has 0 aliphatic rings. The van der Waals surface area contributed by atoms with Gasteiger partial charge in [0.15, 0.2) is 0 Å². The molecule has 0 spiro atoms. The van der Waals surface area contributed by atoms with Gasteiger partial charge in [0.25, 0.3) is 0 Å². The summed E-state index contributed by atoms with van der Waals surface area (Å²) in [4.78, 5) is 0. The number of nitrogens with two attached hydrogens (primary N) is 2. The van der Waals surface area contributed by atoms with E-state index in [1.165, 1.54) is 0 Å². The maximum atomic E-state index is 5.93. The molecule has 86 valence electrons. The summed E-state index contributed by atoms with van der Waals surface area (Å²) in [6.07, 6.45) is 0. The van der Waals surface area contributed by atoms with Crippen LogP contribution >= 0.6 is 11.6 Å². The van der Waals surface area contributed by atoms with Gasteiger partial charge in [-0.15, -0.1) is 0 Å². The monoisotopic (exact) mass is 263 g/mol. The summed E-state index contributed by atoms with van der Waals surface area (Å²) in [6.45, 7) is 0. The highest BCUT2D eigenvalue weighted by molar-refractivity contribution is 7.47. The molecule has 0 radical (unpaired) electrons. The fraction of sp³-hybridized carbons (Fsp3) is 0. The number of benzene rings is 2. The zero-order valence-corrected chi connectivity index (χ0v) is 10.4. The smallest absolute Gasteiger partial charge is 0.108 e. The molecule has 3 nitrogen and oxygen atoms in total. The molecule has 0 amide bonds. The zero-order chi connectivity index (χ0) is 12.4. The van der Waals surface area contributed by atoms with Gasteiger partial charge in [-0.2, -0.15) is 4.36 Å². The van der Waals surface area contributed by atoms with Crippen molar-refractivity contribution in [3.05, 3.63) is 41.4 Å². The van der Waals surface area contributed by atoms with Gasteiger partial charge in [-0.1, -0.05) is 29.8 Å². The molecular weight excluding hydrogens is 254 g/mol. The van der Waals surface area contributed by atoms with Gasteiger partial charge < -0.3 is 11.5 Å². The van der Waals surface area contributed by atoms with Crippen molar-refractivity contribution in [2.75, 3.05) is 11.5 Å². The van der Waals surface area contributed by atoms with Gasteiger partial charge in [0.2, 0.25) is 0 Å². The van der Waals surface area contributed by atoms with E-state index in [-0.39, 0.29) is 0 Å². The standard InChI is InChI=1S/C12H10ClN3S/c13-7-4-5-8(11(15)6-7)9-2-1-3-10(14)12(9)16-17/h1-6H,14-15H2. The summed E-state index contributed by atoms with van der Waals surface area (Å²) in [7, 11) is 0. The average Bonchev–Trinajstić information content (AvgIpc) is 2.29. The maximum absolute atomic E-state index is 5.93. The van der Waals surface area contributed by atoms with Gasteiger partial charge in [-0.25, -0.2) is 0 Å². The van der Waals surface area contributed by atoms with E-state index in [0.29, 0.717) is 22.1 Å². The quantitative estimate of drug-likeness (QED) is 0.815. The first-order valence-corrected chi connectivity index (χ1v) is 5.65. The second-order valence-electron chi connectivity index (χ2n) is 3.57. The highest BCUT2D eigenvalue weighted by atomic mass is 35.5. The van der Waals surface area contributed by atoms with Crippen molar-refractivity contribution in [3.8, 4) is 11.1 Å². The summed E-state index contributed by atoms with van der Waals surface area (Å²) in [5.74, 6) is 0. The van der Waals surface area contributed by atoms with E-state index in [2.05, 4.69) is 4.36 Å². The second kappa shape index (κ2) is 4.69.